The minimum Gasteiger partial charge on any atom is -0.439 e. The van der Waals surface area contributed by atoms with Crippen LogP contribution in [-0.2, 0) is 14.3 Å². The molecule has 0 aliphatic heterocycles. The van der Waals surface area contributed by atoms with Crippen LogP contribution in [0.2, 0.25) is 0 Å². The number of hydrogen-bond donors (Lipinski definition) is 0. The molecule has 1 atom stereocenters. The van der Waals surface area contributed by atoms with Crippen LogP contribution in [0.3, 0.4) is 0 Å². The first kappa shape index (κ1) is 24.7. The van der Waals surface area contributed by atoms with Crippen molar-refractivity contribution in [1.82, 2.24) is 4.90 Å². The Bertz CT molecular complexity index is 382. The molecule has 0 aromatic carbocycles. The lowest BCUT2D eigenvalue weighted by atomic mass is 10.0. The van der Waals surface area contributed by atoms with E-state index >= 15 is 0 Å². The first-order valence-electron chi connectivity index (χ1n) is 10.6. The lowest BCUT2D eigenvalue weighted by molar-refractivity contribution is -0.156. The molecule has 0 saturated heterocycles. The van der Waals surface area contributed by atoms with Crippen molar-refractivity contribution in [2.24, 2.45) is 0 Å². The van der Waals surface area contributed by atoms with Crippen LogP contribution in [0.15, 0.2) is 12.7 Å². The molecule has 0 aromatic rings. The van der Waals surface area contributed by atoms with Gasteiger partial charge in [0.1, 0.15) is 0 Å². The fourth-order valence-corrected chi connectivity index (χ4v) is 2.97. The number of nitrogens with zero attached hydrogens (tertiary/aromatic N) is 1. The third kappa shape index (κ3) is 13.9. The summed E-state index contributed by atoms with van der Waals surface area (Å²) >= 11 is 0. The number of carbonyl (C=O) groups excluding carboxylic acids is 2. The van der Waals surface area contributed by atoms with Crippen molar-refractivity contribution in [2.75, 3.05) is 7.05 Å². The molecule has 0 heterocycles. The SMILES string of the molecule is C=CC(=O)OC(C)N(C)C(=O)CCCCCCCCCCCCCCC. The molecule has 4 nitrogen and oxygen atoms in total. The van der Waals surface area contributed by atoms with Crippen LogP contribution in [0.5, 0.6) is 0 Å². The van der Waals surface area contributed by atoms with E-state index in [0.29, 0.717) is 6.42 Å². The lowest BCUT2D eigenvalue weighted by Crippen LogP contribution is -2.37. The molecule has 0 spiro atoms. The van der Waals surface area contributed by atoms with E-state index in [4.69, 9.17) is 4.74 Å². The Balaban J connectivity index is 3.47. The van der Waals surface area contributed by atoms with Crippen molar-refractivity contribution in [3.63, 3.8) is 0 Å². The largest absolute Gasteiger partial charge is 0.439 e. The zero-order valence-corrected chi connectivity index (χ0v) is 17.4. The van der Waals surface area contributed by atoms with Gasteiger partial charge in [0.05, 0.1) is 0 Å². The number of amides is 1. The van der Waals surface area contributed by atoms with Crippen LogP contribution in [0.1, 0.15) is 104 Å². The average molecular weight is 368 g/mol. The van der Waals surface area contributed by atoms with Crippen LogP contribution in [0.25, 0.3) is 0 Å². The number of carbonyl (C=O) groups is 2. The summed E-state index contributed by atoms with van der Waals surface area (Å²) in [6, 6.07) is 0. The molecular weight excluding hydrogens is 326 g/mol. The molecule has 0 aliphatic rings. The Morgan fingerprint density at radius 2 is 1.31 bits per heavy atom. The summed E-state index contributed by atoms with van der Waals surface area (Å²) in [4.78, 5) is 24.7. The second-order valence-electron chi connectivity index (χ2n) is 7.24. The highest BCUT2D eigenvalue weighted by atomic mass is 16.6. The molecule has 0 bridgehead atoms. The summed E-state index contributed by atoms with van der Waals surface area (Å²) in [6.07, 6.45) is 17.9. The van der Waals surface area contributed by atoms with Gasteiger partial charge < -0.3 is 9.64 Å². The summed E-state index contributed by atoms with van der Waals surface area (Å²) < 4.78 is 5.05. The summed E-state index contributed by atoms with van der Waals surface area (Å²) in [7, 11) is 1.67. The summed E-state index contributed by atoms with van der Waals surface area (Å²) in [6.45, 7) is 7.31. The van der Waals surface area contributed by atoms with Gasteiger partial charge in [0.15, 0.2) is 6.23 Å². The van der Waals surface area contributed by atoms with Crippen LogP contribution in [0.4, 0.5) is 0 Å². The van der Waals surface area contributed by atoms with Crippen LogP contribution < -0.4 is 0 Å². The summed E-state index contributed by atoms with van der Waals surface area (Å²) in [5, 5.41) is 0. The summed E-state index contributed by atoms with van der Waals surface area (Å²) in [5.74, 6) is -0.476. The van der Waals surface area contributed by atoms with Gasteiger partial charge in [-0.1, -0.05) is 90.6 Å². The Labute approximate surface area is 161 Å². The molecule has 0 N–H and O–H groups in total. The van der Waals surface area contributed by atoms with Gasteiger partial charge >= 0.3 is 5.97 Å². The standard InChI is InChI=1S/C22H41NO3/c1-5-7-8-9-10-11-12-13-14-15-16-17-18-19-21(24)23(4)20(3)26-22(25)6-2/h6,20H,2,5,7-19H2,1,3-4H3. The molecule has 0 saturated carbocycles. The molecule has 1 unspecified atom stereocenters. The Kier molecular flexibility index (Phi) is 16.2. The maximum atomic E-state index is 12.1. The Morgan fingerprint density at radius 1 is 0.885 bits per heavy atom. The zero-order valence-electron chi connectivity index (χ0n) is 17.4. The van der Waals surface area contributed by atoms with Gasteiger partial charge in [-0.15, -0.1) is 0 Å². The van der Waals surface area contributed by atoms with Crippen molar-refractivity contribution in [3.8, 4) is 0 Å². The molecule has 0 aromatic heterocycles. The van der Waals surface area contributed by atoms with Gasteiger partial charge in [-0.25, -0.2) is 4.79 Å². The van der Waals surface area contributed by atoms with Gasteiger partial charge in [0.25, 0.3) is 0 Å². The van der Waals surface area contributed by atoms with Crippen LogP contribution in [0, 0.1) is 0 Å². The van der Waals surface area contributed by atoms with E-state index in [9.17, 15) is 9.59 Å². The number of rotatable bonds is 17. The monoisotopic (exact) mass is 367 g/mol. The fraction of sp³-hybridized carbons (Fsp3) is 0.818. The van der Waals surface area contributed by atoms with E-state index in [-0.39, 0.29) is 5.91 Å². The Hall–Kier alpha value is -1.32. The average Bonchev–Trinajstić information content (AvgIpc) is 2.64. The maximum absolute atomic E-state index is 12.1. The van der Waals surface area contributed by atoms with E-state index in [0.717, 1.165) is 18.9 Å². The van der Waals surface area contributed by atoms with E-state index in [1.165, 1.54) is 75.5 Å². The second-order valence-corrected chi connectivity index (χ2v) is 7.24. The smallest absolute Gasteiger partial charge is 0.332 e. The van der Waals surface area contributed by atoms with Crippen LogP contribution >= 0.6 is 0 Å². The quantitative estimate of drug-likeness (QED) is 0.137. The number of ether oxygens (including phenoxy) is 1. The number of esters is 1. The third-order valence-corrected chi connectivity index (χ3v) is 4.89. The van der Waals surface area contributed by atoms with E-state index in [1.54, 1.807) is 14.0 Å². The molecule has 0 radical (unpaired) electrons. The van der Waals surface area contributed by atoms with Gasteiger partial charge in [-0.3, -0.25) is 4.79 Å². The van der Waals surface area contributed by atoms with Gasteiger partial charge in [0.2, 0.25) is 5.91 Å². The molecular formula is C22H41NO3. The molecule has 1 amide bonds. The van der Waals surface area contributed by atoms with Gasteiger partial charge in [-0.05, 0) is 13.3 Å². The molecule has 0 rings (SSSR count). The highest BCUT2D eigenvalue weighted by Gasteiger charge is 2.17. The molecule has 0 fully saturated rings. The Morgan fingerprint density at radius 3 is 1.73 bits per heavy atom. The number of unbranched alkanes of at least 4 members (excludes halogenated alkanes) is 12. The zero-order chi connectivity index (χ0) is 19.6. The van der Waals surface area contributed by atoms with Gasteiger partial charge in [-0.2, -0.15) is 0 Å². The minimum absolute atomic E-state index is 0.0254. The maximum Gasteiger partial charge on any atom is 0.332 e. The fourth-order valence-electron chi connectivity index (χ4n) is 2.97. The first-order chi connectivity index (χ1) is 12.5. The lowest BCUT2D eigenvalue weighted by Gasteiger charge is -2.24. The van der Waals surface area contributed by atoms with Crippen molar-refractivity contribution < 1.29 is 14.3 Å². The predicted octanol–water partition coefficient (Wildman–Crippen LogP) is 6.00. The molecule has 26 heavy (non-hydrogen) atoms. The highest BCUT2D eigenvalue weighted by molar-refractivity contribution is 5.82. The minimum atomic E-state index is -0.546. The van der Waals surface area contributed by atoms with E-state index in [1.807, 2.05) is 0 Å². The van der Waals surface area contributed by atoms with E-state index < -0.39 is 12.2 Å². The normalized spacial score (nSPS) is 11.8. The summed E-state index contributed by atoms with van der Waals surface area (Å²) in [5.41, 5.74) is 0. The first-order valence-corrected chi connectivity index (χ1v) is 10.6. The van der Waals surface area contributed by atoms with Crippen molar-refractivity contribution in [2.45, 2.75) is 110 Å². The second kappa shape index (κ2) is 17.1. The molecule has 0 aliphatic carbocycles. The van der Waals surface area contributed by atoms with E-state index in [2.05, 4.69) is 13.5 Å². The van der Waals surface area contributed by atoms with Gasteiger partial charge in [0, 0.05) is 19.5 Å². The van der Waals surface area contributed by atoms with Crippen LogP contribution in [-0.4, -0.2) is 30.1 Å². The van der Waals surface area contributed by atoms with Crippen molar-refractivity contribution >= 4 is 11.9 Å². The van der Waals surface area contributed by atoms with Crippen molar-refractivity contribution in [3.05, 3.63) is 12.7 Å². The predicted molar refractivity (Wildman–Crippen MR) is 109 cm³/mol. The highest BCUT2D eigenvalue weighted by Crippen LogP contribution is 2.13. The number of hydrogen-bond acceptors (Lipinski definition) is 3. The molecule has 4 heteroatoms. The van der Waals surface area contributed by atoms with Crippen molar-refractivity contribution in [1.29, 1.82) is 0 Å². The third-order valence-electron chi connectivity index (χ3n) is 4.89. The molecule has 152 valence electrons. The topological polar surface area (TPSA) is 46.6 Å².